The van der Waals surface area contributed by atoms with Crippen LogP contribution in [-0.4, -0.2) is 27.2 Å². The van der Waals surface area contributed by atoms with Gasteiger partial charge in [0.05, 0.1) is 12.6 Å². The van der Waals surface area contributed by atoms with Crippen molar-refractivity contribution in [3.63, 3.8) is 0 Å². The van der Waals surface area contributed by atoms with Crippen molar-refractivity contribution in [2.24, 2.45) is 7.05 Å². The van der Waals surface area contributed by atoms with Gasteiger partial charge < -0.3 is 5.32 Å². The molecule has 1 heterocycles. The molecule has 0 spiro atoms. The van der Waals surface area contributed by atoms with Crippen LogP contribution < -0.4 is 5.32 Å². The lowest BCUT2D eigenvalue weighted by atomic mass is 10.3. The molecule has 1 atom stereocenters. The molecule has 0 amide bonds. The van der Waals surface area contributed by atoms with Gasteiger partial charge in [0.15, 0.2) is 5.82 Å². The van der Waals surface area contributed by atoms with E-state index in [2.05, 4.69) is 15.4 Å². The summed E-state index contributed by atoms with van der Waals surface area (Å²) in [6, 6.07) is -0.830. The summed E-state index contributed by atoms with van der Waals surface area (Å²) >= 11 is 0. The van der Waals surface area contributed by atoms with Crippen molar-refractivity contribution in [3.05, 3.63) is 12.2 Å². The van der Waals surface area contributed by atoms with E-state index in [9.17, 15) is 8.78 Å². The van der Waals surface area contributed by atoms with Crippen molar-refractivity contribution in [1.82, 2.24) is 20.1 Å². The zero-order valence-electron chi connectivity index (χ0n) is 7.54. The standard InChI is InChI=1S/C7H12F2N4/c1-5(7(8)9)10-3-6-11-4-13(2)12-6/h4-5,7,10H,3H2,1-2H3. The Kier molecular flexibility index (Phi) is 3.30. The van der Waals surface area contributed by atoms with Crippen LogP contribution in [0, 0.1) is 0 Å². The molecule has 1 rings (SSSR count). The normalized spacial score (nSPS) is 13.6. The van der Waals surface area contributed by atoms with E-state index in [0.29, 0.717) is 5.82 Å². The summed E-state index contributed by atoms with van der Waals surface area (Å²) in [5.74, 6) is 0.523. The first-order chi connectivity index (χ1) is 6.09. The van der Waals surface area contributed by atoms with Gasteiger partial charge in [-0.25, -0.2) is 13.8 Å². The van der Waals surface area contributed by atoms with Crippen LogP contribution in [0.15, 0.2) is 6.33 Å². The molecular formula is C7H12F2N4. The number of aromatic nitrogens is 3. The fourth-order valence-electron chi connectivity index (χ4n) is 0.806. The van der Waals surface area contributed by atoms with Gasteiger partial charge >= 0.3 is 0 Å². The minimum Gasteiger partial charge on any atom is -0.302 e. The second kappa shape index (κ2) is 4.27. The highest BCUT2D eigenvalue weighted by molar-refractivity contribution is 4.81. The SMILES string of the molecule is CC(NCc1ncn(C)n1)C(F)F. The molecule has 0 aromatic carbocycles. The highest BCUT2D eigenvalue weighted by atomic mass is 19.3. The molecule has 1 aromatic heterocycles. The zero-order chi connectivity index (χ0) is 9.84. The van der Waals surface area contributed by atoms with Crippen LogP contribution in [0.3, 0.4) is 0 Å². The fraction of sp³-hybridized carbons (Fsp3) is 0.714. The molecule has 0 aliphatic carbocycles. The maximum atomic E-state index is 12.0. The van der Waals surface area contributed by atoms with Crippen molar-refractivity contribution in [2.45, 2.75) is 25.9 Å². The van der Waals surface area contributed by atoms with Crippen molar-refractivity contribution >= 4 is 0 Å². The van der Waals surface area contributed by atoms with Crippen LogP contribution in [0.4, 0.5) is 8.78 Å². The second-order valence-corrected chi connectivity index (χ2v) is 2.84. The third-order valence-corrected chi connectivity index (χ3v) is 1.61. The molecule has 0 saturated carbocycles. The van der Waals surface area contributed by atoms with E-state index in [1.165, 1.54) is 17.9 Å². The first-order valence-corrected chi connectivity index (χ1v) is 3.95. The lowest BCUT2D eigenvalue weighted by molar-refractivity contribution is 0.105. The largest absolute Gasteiger partial charge is 0.302 e. The molecule has 0 fully saturated rings. The Morgan fingerprint density at radius 3 is 2.77 bits per heavy atom. The third-order valence-electron chi connectivity index (χ3n) is 1.61. The number of halogens is 2. The smallest absolute Gasteiger partial charge is 0.253 e. The molecular weight excluding hydrogens is 178 g/mol. The molecule has 0 aliphatic rings. The maximum Gasteiger partial charge on any atom is 0.253 e. The molecule has 1 N–H and O–H groups in total. The number of alkyl halides is 2. The van der Waals surface area contributed by atoms with Crippen LogP contribution in [0.5, 0.6) is 0 Å². The number of nitrogens with one attached hydrogen (secondary N) is 1. The van der Waals surface area contributed by atoms with Crippen LogP contribution in [0.1, 0.15) is 12.7 Å². The summed E-state index contributed by atoms with van der Waals surface area (Å²) < 4.78 is 25.6. The van der Waals surface area contributed by atoms with E-state index in [4.69, 9.17) is 0 Å². The van der Waals surface area contributed by atoms with E-state index in [1.807, 2.05) is 0 Å². The predicted molar refractivity (Wildman–Crippen MR) is 43.3 cm³/mol. The van der Waals surface area contributed by atoms with E-state index in [1.54, 1.807) is 7.05 Å². The van der Waals surface area contributed by atoms with Gasteiger partial charge in [0.2, 0.25) is 0 Å². The van der Waals surface area contributed by atoms with E-state index in [0.717, 1.165) is 0 Å². The van der Waals surface area contributed by atoms with Crippen molar-refractivity contribution < 1.29 is 8.78 Å². The van der Waals surface area contributed by atoms with Crippen molar-refractivity contribution in [2.75, 3.05) is 0 Å². The fourth-order valence-corrected chi connectivity index (χ4v) is 0.806. The van der Waals surface area contributed by atoms with Crippen LogP contribution in [0.2, 0.25) is 0 Å². The first kappa shape index (κ1) is 10.0. The summed E-state index contributed by atoms with van der Waals surface area (Å²) in [5, 5.41) is 6.56. The van der Waals surface area contributed by atoms with Gasteiger partial charge in [0, 0.05) is 7.05 Å². The third kappa shape index (κ3) is 3.06. The number of rotatable bonds is 4. The summed E-state index contributed by atoms with van der Waals surface area (Å²) in [6.07, 6.45) is -0.826. The van der Waals surface area contributed by atoms with Gasteiger partial charge in [-0.05, 0) is 6.92 Å². The van der Waals surface area contributed by atoms with Crippen molar-refractivity contribution in [1.29, 1.82) is 0 Å². The van der Waals surface area contributed by atoms with Gasteiger partial charge in [-0.2, -0.15) is 5.10 Å². The number of aryl methyl sites for hydroxylation is 1. The molecule has 13 heavy (non-hydrogen) atoms. The number of hydrogen-bond acceptors (Lipinski definition) is 3. The van der Waals surface area contributed by atoms with Gasteiger partial charge in [-0.3, -0.25) is 4.68 Å². The predicted octanol–water partition coefficient (Wildman–Crippen LogP) is 0.558. The molecule has 0 aliphatic heterocycles. The molecule has 74 valence electrons. The molecule has 0 radical (unpaired) electrons. The zero-order valence-corrected chi connectivity index (χ0v) is 7.54. The second-order valence-electron chi connectivity index (χ2n) is 2.84. The van der Waals surface area contributed by atoms with E-state index < -0.39 is 12.5 Å². The quantitative estimate of drug-likeness (QED) is 0.754. The Bertz CT molecular complexity index is 261. The van der Waals surface area contributed by atoms with Crippen LogP contribution in [-0.2, 0) is 13.6 Å². The van der Waals surface area contributed by atoms with Crippen LogP contribution in [0.25, 0.3) is 0 Å². The Morgan fingerprint density at radius 2 is 2.31 bits per heavy atom. The van der Waals surface area contributed by atoms with Gasteiger partial charge in [-0.1, -0.05) is 0 Å². The lowest BCUT2D eigenvalue weighted by Crippen LogP contribution is -2.32. The Balaban J connectivity index is 2.35. The Labute approximate surface area is 75.0 Å². The highest BCUT2D eigenvalue weighted by Gasteiger charge is 2.13. The maximum absolute atomic E-state index is 12.0. The Hall–Kier alpha value is -1.04. The summed E-state index contributed by atoms with van der Waals surface area (Å²) in [4.78, 5) is 3.89. The van der Waals surface area contributed by atoms with E-state index in [-0.39, 0.29) is 6.54 Å². The van der Waals surface area contributed by atoms with Gasteiger partial charge in [0.1, 0.15) is 6.33 Å². The molecule has 6 heteroatoms. The molecule has 1 unspecified atom stereocenters. The molecule has 4 nitrogen and oxygen atoms in total. The number of hydrogen-bond donors (Lipinski definition) is 1. The average molecular weight is 190 g/mol. The minimum absolute atomic E-state index is 0.270. The molecule has 1 aromatic rings. The van der Waals surface area contributed by atoms with Gasteiger partial charge in [0.25, 0.3) is 6.43 Å². The van der Waals surface area contributed by atoms with Crippen molar-refractivity contribution in [3.8, 4) is 0 Å². The summed E-state index contributed by atoms with van der Waals surface area (Å²) in [7, 11) is 1.73. The van der Waals surface area contributed by atoms with Gasteiger partial charge in [-0.15, -0.1) is 0 Å². The van der Waals surface area contributed by atoms with Crippen LogP contribution >= 0.6 is 0 Å². The molecule has 0 saturated heterocycles. The average Bonchev–Trinajstić information content (AvgIpc) is 2.47. The summed E-state index contributed by atoms with van der Waals surface area (Å²) in [6.45, 7) is 1.69. The summed E-state index contributed by atoms with van der Waals surface area (Å²) in [5.41, 5.74) is 0. The minimum atomic E-state index is -2.36. The molecule has 0 bridgehead atoms. The monoisotopic (exact) mass is 190 g/mol. The Morgan fingerprint density at radius 1 is 1.62 bits per heavy atom. The lowest BCUT2D eigenvalue weighted by Gasteiger charge is -2.10. The number of nitrogens with zero attached hydrogens (tertiary/aromatic N) is 3. The van der Waals surface area contributed by atoms with E-state index >= 15 is 0 Å². The highest BCUT2D eigenvalue weighted by Crippen LogP contribution is 2.00. The first-order valence-electron chi connectivity index (χ1n) is 3.95. The topological polar surface area (TPSA) is 42.7 Å².